The molecule has 0 aliphatic carbocycles. The van der Waals surface area contributed by atoms with Gasteiger partial charge in [0.1, 0.15) is 11.3 Å². The topological polar surface area (TPSA) is 68.5 Å². The van der Waals surface area contributed by atoms with Crippen molar-refractivity contribution in [3.05, 3.63) is 52.3 Å². The molecule has 2 aromatic rings. The van der Waals surface area contributed by atoms with Crippen LogP contribution in [0.3, 0.4) is 0 Å². The zero-order valence-corrected chi connectivity index (χ0v) is 12.1. The highest BCUT2D eigenvalue weighted by molar-refractivity contribution is 5.87. The molecule has 1 N–H and O–H groups in total. The molecule has 0 saturated carbocycles. The molecule has 0 fully saturated rings. The Hall–Kier alpha value is -3.00. The summed E-state index contributed by atoms with van der Waals surface area (Å²) in [6.45, 7) is 2.46. The number of carbonyl (C=O) groups is 1. The molecule has 1 aromatic carbocycles. The molecule has 22 heavy (non-hydrogen) atoms. The van der Waals surface area contributed by atoms with Crippen molar-refractivity contribution in [2.24, 2.45) is 0 Å². The van der Waals surface area contributed by atoms with Crippen LogP contribution in [0.15, 0.2) is 41.2 Å². The molecule has 0 radical (unpaired) electrons. The highest BCUT2D eigenvalue weighted by Gasteiger charge is 2.14. The minimum Gasteiger partial charge on any atom is -0.494 e. The van der Waals surface area contributed by atoms with Gasteiger partial charge < -0.3 is 9.84 Å². The number of carboxylic acids is 1. The van der Waals surface area contributed by atoms with E-state index in [4.69, 9.17) is 16.3 Å². The molecule has 112 valence electrons. The number of aromatic carboxylic acids is 1. The number of terminal acetylenes is 1. The molecule has 1 aromatic heterocycles. The first-order chi connectivity index (χ1) is 10.6. The van der Waals surface area contributed by atoms with E-state index >= 15 is 0 Å². The molecule has 0 amide bonds. The van der Waals surface area contributed by atoms with E-state index in [1.54, 1.807) is 30.3 Å². The number of aromatic nitrogens is 1. The molecular formula is C17H15NO4. The first-order valence-electron chi connectivity index (χ1n) is 6.72. The summed E-state index contributed by atoms with van der Waals surface area (Å²) in [6, 6.07) is 10.0. The number of benzene rings is 1. The number of pyridine rings is 1. The zero-order chi connectivity index (χ0) is 16.1. The molecule has 0 atom stereocenters. The summed E-state index contributed by atoms with van der Waals surface area (Å²) in [6.07, 6.45) is 5.29. The lowest BCUT2D eigenvalue weighted by atomic mass is 10.1. The molecule has 0 unspecified atom stereocenters. The van der Waals surface area contributed by atoms with Crippen LogP contribution in [0.25, 0.3) is 11.3 Å². The van der Waals surface area contributed by atoms with Crippen molar-refractivity contribution in [3.63, 3.8) is 0 Å². The van der Waals surface area contributed by atoms with Gasteiger partial charge in [-0.3, -0.25) is 9.36 Å². The van der Waals surface area contributed by atoms with Gasteiger partial charge in [0.05, 0.1) is 18.8 Å². The SMILES string of the molecule is C#CCn1c(-c2ccc(OCC)cc2)ccc(C(=O)O)c1=O. The Kier molecular flexibility index (Phi) is 4.64. The highest BCUT2D eigenvalue weighted by atomic mass is 16.5. The lowest BCUT2D eigenvalue weighted by Crippen LogP contribution is -2.27. The molecule has 5 heteroatoms. The van der Waals surface area contributed by atoms with Gasteiger partial charge in [0.2, 0.25) is 0 Å². The van der Waals surface area contributed by atoms with Gasteiger partial charge in [-0.15, -0.1) is 6.42 Å². The van der Waals surface area contributed by atoms with Gasteiger partial charge in [-0.2, -0.15) is 0 Å². The Morgan fingerprint density at radius 1 is 1.27 bits per heavy atom. The third kappa shape index (κ3) is 3.01. The van der Waals surface area contributed by atoms with Crippen LogP contribution in [0.2, 0.25) is 0 Å². The van der Waals surface area contributed by atoms with Gasteiger partial charge >= 0.3 is 5.97 Å². The summed E-state index contributed by atoms with van der Waals surface area (Å²) in [7, 11) is 0. The molecule has 0 bridgehead atoms. The number of hydrogen-bond acceptors (Lipinski definition) is 3. The Bertz CT molecular complexity index is 782. The summed E-state index contributed by atoms with van der Waals surface area (Å²) < 4.78 is 6.65. The van der Waals surface area contributed by atoms with Crippen molar-refractivity contribution in [1.82, 2.24) is 4.57 Å². The van der Waals surface area contributed by atoms with Crippen LogP contribution < -0.4 is 10.3 Å². The average molecular weight is 297 g/mol. The van der Waals surface area contributed by atoms with E-state index in [1.807, 2.05) is 6.92 Å². The van der Waals surface area contributed by atoms with Gasteiger partial charge in [-0.1, -0.05) is 5.92 Å². The number of hydrogen-bond donors (Lipinski definition) is 1. The highest BCUT2D eigenvalue weighted by Crippen LogP contribution is 2.22. The van der Waals surface area contributed by atoms with Gasteiger partial charge in [0.15, 0.2) is 0 Å². The Balaban J connectivity index is 2.55. The maximum Gasteiger partial charge on any atom is 0.341 e. The van der Waals surface area contributed by atoms with E-state index < -0.39 is 11.5 Å². The van der Waals surface area contributed by atoms with E-state index in [9.17, 15) is 9.59 Å². The van der Waals surface area contributed by atoms with E-state index in [0.717, 1.165) is 11.3 Å². The third-order valence-electron chi connectivity index (χ3n) is 3.12. The standard InChI is InChI=1S/C17H15NO4/c1-3-11-18-15(10-9-14(16(18)19)17(20)21)12-5-7-13(8-6-12)22-4-2/h1,5-10H,4,11H2,2H3,(H,20,21). The maximum absolute atomic E-state index is 12.2. The minimum absolute atomic E-state index is 0.00248. The Morgan fingerprint density at radius 2 is 1.95 bits per heavy atom. The second-order valence-corrected chi connectivity index (χ2v) is 4.49. The fourth-order valence-electron chi connectivity index (χ4n) is 2.13. The quantitative estimate of drug-likeness (QED) is 0.859. The van der Waals surface area contributed by atoms with Crippen LogP contribution in [0.4, 0.5) is 0 Å². The molecule has 0 aliphatic heterocycles. The molecule has 1 heterocycles. The van der Waals surface area contributed by atoms with Gasteiger partial charge in [-0.05, 0) is 48.9 Å². The van der Waals surface area contributed by atoms with E-state index in [1.165, 1.54) is 10.6 Å². The van der Waals surface area contributed by atoms with Crippen molar-refractivity contribution in [1.29, 1.82) is 0 Å². The van der Waals surface area contributed by atoms with Crippen LogP contribution in [0.5, 0.6) is 5.75 Å². The van der Waals surface area contributed by atoms with Crippen LogP contribution in [0.1, 0.15) is 17.3 Å². The lowest BCUT2D eigenvalue weighted by Gasteiger charge is -2.12. The van der Waals surface area contributed by atoms with E-state index in [0.29, 0.717) is 12.3 Å². The predicted octanol–water partition coefficient (Wildman–Crippen LogP) is 2.25. The van der Waals surface area contributed by atoms with Crippen molar-refractivity contribution in [2.75, 3.05) is 6.61 Å². The second-order valence-electron chi connectivity index (χ2n) is 4.49. The molecule has 5 nitrogen and oxygen atoms in total. The van der Waals surface area contributed by atoms with Crippen molar-refractivity contribution in [3.8, 4) is 29.4 Å². The van der Waals surface area contributed by atoms with Crippen molar-refractivity contribution in [2.45, 2.75) is 13.5 Å². The van der Waals surface area contributed by atoms with Crippen LogP contribution in [-0.4, -0.2) is 22.2 Å². The first kappa shape index (κ1) is 15.4. The van der Waals surface area contributed by atoms with E-state index in [-0.39, 0.29) is 12.1 Å². The lowest BCUT2D eigenvalue weighted by molar-refractivity contribution is 0.0694. The average Bonchev–Trinajstić information content (AvgIpc) is 2.50. The largest absolute Gasteiger partial charge is 0.494 e. The number of carboxylic acid groups (broad SMARTS) is 1. The predicted molar refractivity (Wildman–Crippen MR) is 83.1 cm³/mol. The molecule has 0 spiro atoms. The Morgan fingerprint density at radius 3 is 2.50 bits per heavy atom. The van der Waals surface area contributed by atoms with Crippen molar-refractivity contribution >= 4 is 5.97 Å². The van der Waals surface area contributed by atoms with Crippen LogP contribution in [-0.2, 0) is 6.54 Å². The normalized spacial score (nSPS) is 10.0. The summed E-state index contributed by atoms with van der Waals surface area (Å²) in [5, 5.41) is 9.03. The fourth-order valence-corrected chi connectivity index (χ4v) is 2.13. The number of nitrogens with zero attached hydrogens (tertiary/aromatic N) is 1. The van der Waals surface area contributed by atoms with Gasteiger partial charge in [-0.25, -0.2) is 4.79 Å². The first-order valence-corrected chi connectivity index (χ1v) is 6.72. The summed E-state index contributed by atoms with van der Waals surface area (Å²) in [4.78, 5) is 23.3. The van der Waals surface area contributed by atoms with Crippen LogP contribution >= 0.6 is 0 Å². The summed E-state index contributed by atoms with van der Waals surface area (Å²) >= 11 is 0. The van der Waals surface area contributed by atoms with Gasteiger partial charge in [0, 0.05) is 0 Å². The van der Waals surface area contributed by atoms with Crippen LogP contribution in [0, 0.1) is 12.3 Å². The maximum atomic E-state index is 12.2. The molecule has 0 saturated heterocycles. The number of rotatable bonds is 5. The Labute approximate surface area is 127 Å². The molecule has 2 rings (SSSR count). The minimum atomic E-state index is -1.27. The zero-order valence-electron chi connectivity index (χ0n) is 12.1. The monoisotopic (exact) mass is 297 g/mol. The number of ether oxygens (including phenoxy) is 1. The molecular weight excluding hydrogens is 282 g/mol. The van der Waals surface area contributed by atoms with Crippen molar-refractivity contribution < 1.29 is 14.6 Å². The summed E-state index contributed by atoms with van der Waals surface area (Å²) in [5.41, 5.74) is 0.408. The molecule has 0 aliphatic rings. The van der Waals surface area contributed by atoms with E-state index in [2.05, 4.69) is 5.92 Å². The smallest absolute Gasteiger partial charge is 0.341 e. The van der Waals surface area contributed by atoms with Gasteiger partial charge in [0.25, 0.3) is 5.56 Å². The third-order valence-corrected chi connectivity index (χ3v) is 3.12. The second kappa shape index (κ2) is 6.64. The summed E-state index contributed by atoms with van der Waals surface area (Å²) in [5.74, 6) is 1.83. The fraction of sp³-hybridized carbons (Fsp3) is 0.176.